The van der Waals surface area contributed by atoms with Crippen molar-refractivity contribution in [3.05, 3.63) is 59.4 Å². The third kappa shape index (κ3) is 3.36. The van der Waals surface area contributed by atoms with Gasteiger partial charge in [-0.15, -0.1) is 10.2 Å². The van der Waals surface area contributed by atoms with Crippen LogP contribution in [0.3, 0.4) is 0 Å². The van der Waals surface area contributed by atoms with Crippen LogP contribution in [-0.2, 0) is 9.53 Å². The average Bonchev–Trinajstić information content (AvgIpc) is 3.30. The Balaban J connectivity index is 1.75. The first kappa shape index (κ1) is 18.2. The van der Waals surface area contributed by atoms with Gasteiger partial charge in [0, 0.05) is 34.0 Å². The van der Waals surface area contributed by atoms with Gasteiger partial charge in [-0.1, -0.05) is 11.6 Å². The lowest BCUT2D eigenvalue weighted by atomic mass is 10.0. The molecule has 28 heavy (non-hydrogen) atoms. The van der Waals surface area contributed by atoms with Crippen LogP contribution in [0.15, 0.2) is 51.5 Å². The number of nitrogens with zero attached hydrogens (tertiary/aromatic N) is 2. The number of ether oxygens (including phenoxy) is 1. The molecule has 0 aliphatic heterocycles. The van der Waals surface area contributed by atoms with Crippen molar-refractivity contribution in [2.45, 2.75) is 20.0 Å². The van der Waals surface area contributed by atoms with Crippen molar-refractivity contribution in [3.63, 3.8) is 0 Å². The summed E-state index contributed by atoms with van der Waals surface area (Å²) in [5.41, 5.74) is 2.41. The first-order valence-corrected chi connectivity index (χ1v) is 8.78. The fraction of sp³-hybridized carbons (Fsp3) is 0.150. The lowest BCUT2D eigenvalue weighted by Crippen LogP contribution is -2.04. The van der Waals surface area contributed by atoms with E-state index in [0.717, 1.165) is 5.39 Å². The van der Waals surface area contributed by atoms with Gasteiger partial charge in [-0.05, 0) is 43.3 Å². The number of aromatic nitrogens is 2. The van der Waals surface area contributed by atoms with E-state index < -0.39 is 17.9 Å². The Morgan fingerprint density at radius 2 is 2.00 bits per heavy atom. The second kappa shape index (κ2) is 7.09. The maximum absolute atomic E-state index is 13.7. The van der Waals surface area contributed by atoms with E-state index in [4.69, 9.17) is 25.2 Å². The average molecular weight is 401 g/mol. The Hall–Kier alpha value is -3.19. The molecule has 0 fully saturated rings. The molecule has 2 aromatic carbocycles. The van der Waals surface area contributed by atoms with Gasteiger partial charge in [0.05, 0.1) is 6.26 Å². The summed E-state index contributed by atoms with van der Waals surface area (Å²) in [4.78, 5) is 11.1. The van der Waals surface area contributed by atoms with Crippen molar-refractivity contribution < 1.29 is 22.8 Å². The van der Waals surface area contributed by atoms with Crippen LogP contribution < -0.4 is 0 Å². The second-order valence-electron chi connectivity index (χ2n) is 6.18. The van der Waals surface area contributed by atoms with E-state index in [1.807, 2.05) is 0 Å². The Kier molecular flexibility index (Phi) is 4.60. The van der Waals surface area contributed by atoms with Crippen molar-refractivity contribution in [3.8, 4) is 22.6 Å². The first-order chi connectivity index (χ1) is 13.4. The van der Waals surface area contributed by atoms with E-state index in [-0.39, 0.29) is 11.8 Å². The summed E-state index contributed by atoms with van der Waals surface area (Å²) in [5, 5.41) is 9.07. The molecule has 6 nitrogen and oxygen atoms in total. The number of furan rings is 1. The fourth-order valence-electron chi connectivity index (χ4n) is 2.89. The lowest BCUT2D eigenvalue weighted by Gasteiger charge is -2.06. The number of esters is 1. The minimum Gasteiger partial charge on any atom is -0.464 e. The lowest BCUT2D eigenvalue weighted by molar-refractivity contribution is -0.146. The van der Waals surface area contributed by atoms with Gasteiger partial charge in [0.15, 0.2) is 6.10 Å². The molecule has 0 radical (unpaired) electrons. The number of rotatable bonds is 4. The highest BCUT2D eigenvalue weighted by atomic mass is 35.5. The van der Waals surface area contributed by atoms with Crippen LogP contribution >= 0.6 is 11.6 Å². The summed E-state index contributed by atoms with van der Waals surface area (Å²) in [6.45, 7) is 2.95. The summed E-state index contributed by atoms with van der Waals surface area (Å²) < 4.78 is 29.9. The van der Waals surface area contributed by atoms with Crippen molar-refractivity contribution >= 4 is 28.5 Å². The predicted molar refractivity (Wildman–Crippen MR) is 100 cm³/mol. The molecular formula is C20H14ClFN2O4. The van der Waals surface area contributed by atoms with Gasteiger partial charge in [-0.3, -0.25) is 4.79 Å². The third-order valence-corrected chi connectivity index (χ3v) is 4.50. The highest BCUT2D eigenvalue weighted by molar-refractivity contribution is 6.33. The van der Waals surface area contributed by atoms with E-state index in [1.54, 1.807) is 25.1 Å². The molecule has 0 aliphatic rings. The molecular weight excluding hydrogens is 387 g/mol. The van der Waals surface area contributed by atoms with Crippen LogP contribution in [0.5, 0.6) is 0 Å². The zero-order valence-electron chi connectivity index (χ0n) is 14.9. The highest BCUT2D eigenvalue weighted by Gasteiger charge is 2.19. The Morgan fingerprint density at radius 1 is 1.18 bits per heavy atom. The van der Waals surface area contributed by atoms with Crippen molar-refractivity contribution in [2.75, 3.05) is 0 Å². The fourth-order valence-corrected chi connectivity index (χ4v) is 3.11. The van der Waals surface area contributed by atoms with Gasteiger partial charge < -0.3 is 13.6 Å². The number of carbonyl (C=O) groups is 1. The summed E-state index contributed by atoms with van der Waals surface area (Å²) in [7, 11) is 0. The van der Waals surface area contributed by atoms with Gasteiger partial charge in [0.2, 0.25) is 5.89 Å². The van der Waals surface area contributed by atoms with Crippen molar-refractivity contribution in [2.24, 2.45) is 0 Å². The standard InChI is InChI=1S/C20H14ClFN2O4/c1-10(27-11(2)25)19-23-24-20(28-19)12-3-6-18-15(7-12)16(9-26-18)14-8-13(22)4-5-17(14)21/h3-10H,1-2H3. The van der Waals surface area contributed by atoms with Crippen LogP contribution in [0.25, 0.3) is 33.6 Å². The number of hydrogen-bond acceptors (Lipinski definition) is 6. The maximum atomic E-state index is 13.7. The monoisotopic (exact) mass is 400 g/mol. The van der Waals surface area contributed by atoms with Crippen LogP contribution in [0, 0.1) is 5.82 Å². The number of benzene rings is 2. The molecule has 4 rings (SSSR count). The topological polar surface area (TPSA) is 78.4 Å². The van der Waals surface area contributed by atoms with Crippen molar-refractivity contribution in [1.29, 1.82) is 0 Å². The summed E-state index contributed by atoms with van der Waals surface area (Å²) in [6.07, 6.45) is 0.870. The van der Waals surface area contributed by atoms with Gasteiger partial charge >= 0.3 is 5.97 Å². The SMILES string of the molecule is CC(=O)OC(C)c1nnc(-c2ccc3occ(-c4cc(F)ccc4Cl)c3c2)o1. The molecule has 1 unspecified atom stereocenters. The molecule has 1 atom stereocenters. The molecule has 0 saturated carbocycles. The Bertz CT molecular complexity index is 1180. The molecule has 0 amide bonds. The molecule has 8 heteroatoms. The molecule has 2 heterocycles. The van der Waals surface area contributed by atoms with E-state index in [0.29, 0.717) is 27.3 Å². The molecule has 0 N–H and O–H groups in total. The van der Waals surface area contributed by atoms with Crippen molar-refractivity contribution in [1.82, 2.24) is 10.2 Å². The number of hydrogen-bond donors (Lipinski definition) is 0. The predicted octanol–water partition coefficient (Wildman–Crippen LogP) is 5.57. The minimum atomic E-state index is -0.655. The van der Waals surface area contributed by atoms with Gasteiger partial charge in [-0.25, -0.2) is 4.39 Å². The van der Waals surface area contributed by atoms with Crippen LogP contribution in [0.2, 0.25) is 5.02 Å². The number of fused-ring (bicyclic) bond motifs is 1. The molecule has 0 bridgehead atoms. The first-order valence-electron chi connectivity index (χ1n) is 8.40. The zero-order chi connectivity index (χ0) is 19.8. The largest absolute Gasteiger partial charge is 0.464 e. The Morgan fingerprint density at radius 3 is 2.79 bits per heavy atom. The quantitative estimate of drug-likeness (QED) is 0.417. The molecule has 0 aliphatic carbocycles. The number of halogens is 2. The van der Waals surface area contributed by atoms with Gasteiger partial charge in [0.1, 0.15) is 11.4 Å². The van der Waals surface area contributed by atoms with Crippen LogP contribution in [0.4, 0.5) is 4.39 Å². The minimum absolute atomic E-state index is 0.186. The van der Waals surface area contributed by atoms with Gasteiger partial charge in [0.25, 0.3) is 5.89 Å². The van der Waals surface area contributed by atoms with Crippen LogP contribution in [-0.4, -0.2) is 16.2 Å². The van der Waals surface area contributed by atoms with Crippen LogP contribution in [0.1, 0.15) is 25.8 Å². The maximum Gasteiger partial charge on any atom is 0.303 e. The second-order valence-corrected chi connectivity index (χ2v) is 6.59. The van der Waals surface area contributed by atoms with E-state index in [2.05, 4.69) is 10.2 Å². The summed E-state index contributed by atoms with van der Waals surface area (Å²) >= 11 is 6.23. The molecule has 4 aromatic rings. The summed E-state index contributed by atoms with van der Waals surface area (Å²) in [6, 6.07) is 9.45. The zero-order valence-corrected chi connectivity index (χ0v) is 15.7. The van der Waals surface area contributed by atoms with E-state index >= 15 is 0 Å². The summed E-state index contributed by atoms with van der Waals surface area (Å²) in [5.74, 6) is -0.395. The van der Waals surface area contributed by atoms with E-state index in [1.165, 1.54) is 31.4 Å². The smallest absolute Gasteiger partial charge is 0.303 e. The molecule has 0 saturated heterocycles. The van der Waals surface area contributed by atoms with Gasteiger partial charge in [-0.2, -0.15) is 0 Å². The highest BCUT2D eigenvalue weighted by Crippen LogP contribution is 2.37. The normalized spacial score (nSPS) is 12.3. The Labute approximate surface area is 163 Å². The third-order valence-electron chi connectivity index (χ3n) is 4.17. The van der Waals surface area contributed by atoms with E-state index in [9.17, 15) is 9.18 Å². The molecule has 2 aromatic heterocycles. The molecule has 142 valence electrons. The number of carbonyl (C=O) groups excluding carboxylic acids is 1. The molecule has 0 spiro atoms.